The molecule has 0 aliphatic heterocycles. The summed E-state index contributed by atoms with van der Waals surface area (Å²) in [4.78, 5) is 23.4. The fourth-order valence-electron chi connectivity index (χ4n) is 4.86. The van der Waals surface area contributed by atoms with Gasteiger partial charge in [0.25, 0.3) is 0 Å². The molecule has 0 aliphatic rings. The molecule has 0 aromatic heterocycles. The molecular weight excluding hydrogens is 540 g/mol. The number of benzene rings is 4. The quantitative estimate of drug-likeness (QED) is 0.0685. The number of ether oxygens (including phenoxy) is 4. The summed E-state index contributed by atoms with van der Waals surface area (Å²) in [5.41, 5.74) is 4.05. The van der Waals surface area contributed by atoms with Crippen LogP contribution in [0.2, 0.25) is 0 Å². The minimum Gasteiger partial charge on any atom is -0.490 e. The SMILES string of the molecule is C=C(C)C(=O)OCCOc1ccc(C(c2ccccc2)(c2ccccc2)c2ccc(OCCOC(=O)C(C)C)cc2)cc1. The molecule has 0 amide bonds. The molecule has 0 unspecified atom stereocenters. The second-order valence-corrected chi connectivity index (χ2v) is 10.5. The number of rotatable bonds is 14. The Kier molecular flexibility index (Phi) is 10.8. The fourth-order valence-corrected chi connectivity index (χ4v) is 4.86. The Hall–Kier alpha value is -4.84. The molecule has 43 heavy (non-hydrogen) atoms. The molecule has 0 radical (unpaired) electrons. The maximum atomic E-state index is 11.7. The van der Waals surface area contributed by atoms with Crippen molar-refractivity contribution in [3.63, 3.8) is 0 Å². The summed E-state index contributed by atoms with van der Waals surface area (Å²) in [6, 6.07) is 36.9. The molecule has 0 aliphatic carbocycles. The summed E-state index contributed by atoms with van der Waals surface area (Å²) >= 11 is 0. The normalized spacial score (nSPS) is 11.1. The topological polar surface area (TPSA) is 71.1 Å². The summed E-state index contributed by atoms with van der Waals surface area (Å²) in [5, 5.41) is 0. The summed E-state index contributed by atoms with van der Waals surface area (Å²) in [7, 11) is 0. The monoisotopic (exact) mass is 578 g/mol. The van der Waals surface area contributed by atoms with Gasteiger partial charge in [0.05, 0.1) is 11.3 Å². The van der Waals surface area contributed by atoms with Gasteiger partial charge in [-0.25, -0.2) is 4.79 Å². The van der Waals surface area contributed by atoms with E-state index in [4.69, 9.17) is 18.9 Å². The first kappa shape index (κ1) is 31.1. The lowest BCUT2D eigenvalue weighted by Gasteiger charge is -2.37. The number of carbonyl (C=O) groups excluding carboxylic acids is 2. The molecule has 4 aromatic carbocycles. The zero-order valence-corrected chi connectivity index (χ0v) is 25.0. The van der Waals surface area contributed by atoms with Crippen LogP contribution < -0.4 is 9.47 Å². The highest BCUT2D eigenvalue weighted by atomic mass is 16.6. The average Bonchev–Trinajstić information content (AvgIpc) is 3.03. The van der Waals surface area contributed by atoms with Crippen molar-refractivity contribution in [1.29, 1.82) is 0 Å². The van der Waals surface area contributed by atoms with Gasteiger partial charge in [-0.3, -0.25) is 4.79 Å². The summed E-state index contributed by atoms with van der Waals surface area (Å²) in [6.45, 7) is 9.66. The lowest BCUT2D eigenvalue weighted by Crippen LogP contribution is -2.31. The molecule has 0 heterocycles. The van der Waals surface area contributed by atoms with Gasteiger partial charge in [-0.2, -0.15) is 0 Å². The third kappa shape index (κ3) is 7.72. The molecular formula is C37H38O6. The van der Waals surface area contributed by atoms with Crippen LogP contribution in [0.15, 0.2) is 121 Å². The van der Waals surface area contributed by atoms with Crippen molar-refractivity contribution in [2.45, 2.75) is 26.2 Å². The van der Waals surface area contributed by atoms with E-state index in [1.807, 2.05) is 60.7 Å². The van der Waals surface area contributed by atoms with Gasteiger partial charge in [-0.05, 0) is 53.4 Å². The molecule has 0 saturated carbocycles. The highest BCUT2D eigenvalue weighted by Gasteiger charge is 2.38. The Morgan fingerprint density at radius 2 is 1.00 bits per heavy atom. The third-order valence-electron chi connectivity index (χ3n) is 6.99. The van der Waals surface area contributed by atoms with Crippen LogP contribution in [0.1, 0.15) is 43.0 Å². The molecule has 0 bridgehead atoms. The first-order chi connectivity index (χ1) is 20.8. The van der Waals surface area contributed by atoms with Gasteiger partial charge in [-0.15, -0.1) is 0 Å². The van der Waals surface area contributed by atoms with Crippen molar-refractivity contribution in [3.8, 4) is 11.5 Å². The third-order valence-corrected chi connectivity index (χ3v) is 6.99. The van der Waals surface area contributed by atoms with Gasteiger partial charge >= 0.3 is 11.9 Å². The van der Waals surface area contributed by atoms with Gasteiger partial charge in [0.1, 0.15) is 37.9 Å². The Balaban J connectivity index is 1.64. The van der Waals surface area contributed by atoms with Crippen molar-refractivity contribution in [1.82, 2.24) is 0 Å². The molecule has 0 atom stereocenters. The fraction of sp³-hybridized carbons (Fsp3) is 0.243. The molecule has 4 aromatic rings. The molecule has 0 spiro atoms. The Morgan fingerprint density at radius 3 is 1.40 bits per heavy atom. The highest BCUT2D eigenvalue weighted by Crippen LogP contribution is 2.45. The van der Waals surface area contributed by atoms with Crippen molar-refractivity contribution in [2.75, 3.05) is 26.4 Å². The zero-order chi connectivity index (χ0) is 30.7. The van der Waals surface area contributed by atoms with Crippen LogP contribution in [-0.4, -0.2) is 38.4 Å². The molecule has 6 nitrogen and oxygen atoms in total. The lowest BCUT2D eigenvalue weighted by atomic mass is 9.65. The van der Waals surface area contributed by atoms with E-state index >= 15 is 0 Å². The van der Waals surface area contributed by atoms with Gasteiger partial charge in [-0.1, -0.05) is 105 Å². The van der Waals surface area contributed by atoms with Crippen LogP contribution in [-0.2, 0) is 24.5 Å². The van der Waals surface area contributed by atoms with Crippen LogP contribution in [0, 0.1) is 5.92 Å². The predicted molar refractivity (Wildman–Crippen MR) is 167 cm³/mol. The molecule has 0 N–H and O–H groups in total. The second-order valence-electron chi connectivity index (χ2n) is 10.5. The number of esters is 2. The van der Waals surface area contributed by atoms with E-state index in [0.717, 1.165) is 22.3 Å². The lowest BCUT2D eigenvalue weighted by molar-refractivity contribution is -0.148. The van der Waals surface area contributed by atoms with Crippen molar-refractivity contribution < 1.29 is 28.5 Å². The molecule has 0 fully saturated rings. The van der Waals surface area contributed by atoms with E-state index in [2.05, 4.69) is 55.1 Å². The molecule has 222 valence electrons. The minimum atomic E-state index is -0.636. The zero-order valence-electron chi connectivity index (χ0n) is 25.0. The molecule has 0 saturated heterocycles. The number of hydrogen-bond acceptors (Lipinski definition) is 6. The maximum absolute atomic E-state index is 11.7. The predicted octanol–water partition coefficient (Wildman–Crippen LogP) is 7.15. The number of hydrogen-bond donors (Lipinski definition) is 0. The largest absolute Gasteiger partial charge is 0.490 e. The van der Waals surface area contributed by atoms with Crippen LogP contribution in [0.4, 0.5) is 0 Å². The molecule has 4 rings (SSSR count). The van der Waals surface area contributed by atoms with Gasteiger partial charge < -0.3 is 18.9 Å². The van der Waals surface area contributed by atoms with Gasteiger partial charge in [0.15, 0.2) is 0 Å². The Morgan fingerprint density at radius 1 is 0.605 bits per heavy atom. The van der Waals surface area contributed by atoms with Crippen LogP contribution in [0.5, 0.6) is 11.5 Å². The summed E-state index contributed by atoms with van der Waals surface area (Å²) in [6.07, 6.45) is 0. The first-order valence-electron chi connectivity index (χ1n) is 14.4. The van der Waals surface area contributed by atoms with Crippen LogP contribution in [0.25, 0.3) is 0 Å². The summed E-state index contributed by atoms with van der Waals surface area (Å²) < 4.78 is 22.1. The van der Waals surface area contributed by atoms with Crippen LogP contribution >= 0.6 is 0 Å². The van der Waals surface area contributed by atoms with E-state index in [9.17, 15) is 9.59 Å². The maximum Gasteiger partial charge on any atom is 0.333 e. The van der Waals surface area contributed by atoms with E-state index < -0.39 is 11.4 Å². The smallest absolute Gasteiger partial charge is 0.333 e. The number of carbonyl (C=O) groups is 2. The van der Waals surface area contributed by atoms with Crippen LogP contribution in [0.3, 0.4) is 0 Å². The van der Waals surface area contributed by atoms with Gasteiger partial charge in [0, 0.05) is 5.57 Å². The van der Waals surface area contributed by atoms with Crippen molar-refractivity contribution in [3.05, 3.63) is 144 Å². The van der Waals surface area contributed by atoms with E-state index in [-0.39, 0.29) is 38.3 Å². The second kappa shape index (κ2) is 14.9. The summed E-state index contributed by atoms with van der Waals surface area (Å²) in [5.74, 6) is 0.524. The van der Waals surface area contributed by atoms with Crippen molar-refractivity contribution >= 4 is 11.9 Å². The van der Waals surface area contributed by atoms with E-state index in [1.54, 1.807) is 20.8 Å². The average molecular weight is 579 g/mol. The standard InChI is InChI=1S/C37H38O6/c1-27(2)35(38)42-25-23-40-33-19-15-31(16-20-33)37(29-11-7-5-8-12-29,30-13-9-6-10-14-30)32-17-21-34(22-18-32)41-24-26-43-36(39)28(3)4/h5-22,28H,1,23-26H2,2-4H3. The van der Waals surface area contributed by atoms with Crippen molar-refractivity contribution in [2.24, 2.45) is 5.92 Å². The molecule has 6 heteroatoms. The first-order valence-corrected chi connectivity index (χ1v) is 14.4. The Labute approximate surface area is 253 Å². The Bertz CT molecular complexity index is 1440. The van der Waals surface area contributed by atoms with Gasteiger partial charge in [0.2, 0.25) is 0 Å². The highest BCUT2D eigenvalue weighted by molar-refractivity contribution is 5.86. The minimum absolute atomic E-state index is 0.139. The van der Waals surface area contributed by atoms with E-state index in [0.29, 0.717) is 17.1 Å². The van der Waals surface area contributed by atoms with E-state index in [1.165, 1.54) is 0 Å².